The summed E-state index contributed by atoms with van der Waals surface area (Å²) in [6.07, 6.45) is 5.44. The zero-order valence-corrected chi connectivity index (χ0v) is 7.80. The second kappa shape index (κ2) is 2.36. The molecule has 11 heavy (non-hydrogen) atoms. The first kappa shape index (κ1) is 7.39. The molecular formula is C11H18. The maximum atomic E-state index is 2.50. The van der Waals surface area contributed by atoms with Gasteiger partial charge in [-0.05, 0) is 43.4 Å². The van der Waals surface area contributed by atoms with Gasteiger partial charge in [0, 0.05) is 0 Å². The van der Waals surface area contributed by atoms with Crippen molar-refractivity contribution in [2.45, 2.75) is 33.6 Å². The molecule has 1 fully saturated rings. The summed E-state index contributed by atoms with van der Waals surface area (Å²) in [5.41, 5.74) is 1.68. The molecule has 0 spiro atoms. The van der Waals surface area contributed by atoms with Crippen molar-refractivity contribution in [3.8, 4) is 0 Å². The predicted molar refractivity (Wildman–Crippen MR) is 48.3 cm³/mol. The fraction of sp³-hybridized carbons (Fsp3) is 0.818. The average Bonchev–Trinajstić information content (AvgIpc) is 2.43. The van der Waals surface area contributed by atoms with Gasteiger partial charge in [-0.3, -0.25) is 0 Å². The highest BCUT2D eigenvalue weighted by Gasteiger charge is 2.39. The van der Waals surface area contributed by atoms with E-state index in [0.29, 0.717) is 0 Å². The molecule has 0 aromatic carbocycles. The van der Waals surface area contributed by atoms with E-state index in [0.717, 1.165) is 23.7 Å². The second-order valence-corrected chi connectivity index (χ2v) is 4.66. The van der Waals surface area contributed by atoms with Crippen LogP contribution in [0.1, 0.15) is 33.6 Å². The molecule has 0 aromatic heterocycles. The van der Waals surface area contributed by atoms with Gasteiger partial charge in [-0.2, -0.15) is 0 Å². The van der Waals surface area contributed by atoms with Crippen molar-refractivity contribution < 1.29 is 0 Å². The molecule has 3 unspecified atom stereocenters. The summed E-state index contributed by atoms with van der Waals surface area (Å²) >= 11 is 0. The van der Waals surface area contributed by atoms with Gasteiger partial charge in [0.2, 0.25) is 0 Å². The van der Waals surface area contributed by atoms with Crippen LogP contribution in [0.25, 0.3) is 0 Å². The van der Waals surface area contributed by atoms with Crippen LogP contribution in [0.4, 0.5) is 0 Å². The van der Waals surface area contributed by atoms with Crippen molar-refractivity contribution >= 4 is 0 Å². The molecule has 2 bridgehead atoms. The van der Waals surface area contributed by atoms with E-state index < -0.39 is 0 Å². The first-order valence-electron chi connectivity index (χ1n) is 4.87. The van der Waals surface area contributed by atoms with E-state index in [9.17, 15) is 0 Å². The third-order valence-corrected chi connectivity index (χ3v) is 3.59. The molecule has 0 nitrogen and oxygen atoms in total. The third kappa shape index (κ3) is 1.04. The van der Waals surface area contributed by atoms with Crippen LogP contribution in [0.2, 0.25) is 0 Å². The first-order valence-corrected chi connectivity index (χ1v) is 4.87. The lowest BCUT2D eigenvalue weighted by Crippen LogP contribution is -2.16. The zero-order chi connectivity index (χ0) is 8.01. The van der Waals surface area contributed by atoms with Crippen LogP contribution in [-0.4, -0.2) is 0 Å². The van der Waals surface area contributed by atoms with Crippen LogP contribution >= 0.6 is 0 Å². The molecule has 0 heteroatoms. The zero-order valence-electron chi connectivity index (χ0n) is 7.80. The molecule has 0 N–H and O–H groups in total. The lowest BCUT2D eigenvalue weighted by atomic mass is 9.81. The molecule has 2 aliphatic carbocycles. The Morgan fingerprint density at radius 1 is 1.36 bits per heavy atom. The number of rotatable bonds is 1. The Hall–Kier alpha value is -0.260. The minimum atomic E-state index is 0.897. The molecule has 2 rings (SSSR count). The molecule has 0 radical (unpaired) electrons. The van der Waals surface area contributed by atoms with E-state index >= 15 is 0 Å². The van der Waals surface area contributed by atoms with E-state index in [1.165, 1.54) is 12.8 Å². The Labute approximate surface area is 69.7 Å². The highest BCUT2D eigenvalue weighted by Crippen LogP contribution is 2.50. The Kier molecular flexibility index (Phi) is 1.59. The normalized spacial score (nSPS) is 41.8. The van der Waals surface area contributed by atoms with Crippen molar-refractivity contribution in [2.24, 2.45) is 23.7 Å². The lowest BCUT2D eigenvalue weighted by Gasteiger charge is -2.25. The van der Waals surface area contributed by atoms with Crippen LogP contribution in [0.3, 0.4) is 0 Å². The smallest absolute Gasteiger partial charge is 0.0169 e. The van der Waals surface area contributed by atoms with Crippen LogP contribution in [-0.2, 0) is 0 Å². The average molecular weight is 150 g/mol. The number of hydrogen-bond acceptors (Lipinski definition) is 0. The summed E-state index contributed by atoms with van der Waals surface area (Å²) in [6, 6.07) is 0. The lowest BCUT2D eigenvalue weighted by molar-refractivity contribution is 0.319. The Morgan fingerprint density at radius 2 is 2.09 bits per heavy atom. The molecule has 0 heterocycles. The van der Waals surface area contributed by atoms with Crippen LogP contribution in [0.5, 0.6) is 0 Å². The highest BCUT2D eigenvalue weighted by atomic mass is 14.4. The van der Waals surface area contributed by atoms with Gasteiger partial charge in [-0.15, -0.1) is 0 Å². The van der Waals surface area contributed by atoms with Gasteiger partial charge in [0.1, 0.15) is 0 Å². The van der Waals surface area contributed by atoms with Gasteiger partial charge in [0.15, 0.2) is 0 Å². The van der Waals surface area contributed by atoms with Crippen molar-refractivity contribution in [1.29, 1.82) is 0 Å². The van der Waals surface area contributed by atoms with Crippen molar-refractivity contribution in [3.63, 3.8) is 0 Å². The first-order chi connectivity index (χ1) is 5.18. The van der Waals surface area contributed by atoms with Gasteiger partial charge in [0.25, 0.3) is 0 Å². The molecule has 1 saturated carbocycles. The van der Waals surface area contributed by atoms with Gasteiger partial charge >= 0.3 is 0 Å². The van der Waals surface area contributed by atoms with E-state index in [1.54, 1.807) is 5.57 Å². The fourth-order valence-corrected chi connectivity index (χ4v) is 3.00. The molecule has 0 amide bonds. The minimum Gasteiger partial charge on any atom is -0.0822 e. The van der Waals surface area contributed by atoms with Crippen molar-refractivity contribution in [2.75, 3.05) is 0 Å². The molecule has 0 saturated heterocycles. The SMILES string of the molecule is CC1=CC2CC1C(C(C)C)C2. The summed E-state index contributed by atoms with van der Waals surface area (Å²) in [5, 5.41) is 0. The van der Waals surface area contributed by atoms with Gasteiger partial charge in [-0.25, -0.2) is 0 Å². The number of hydrogen-bond donors (Lipinski definition) is 0. The fourth-order valence-electron chi connectivity index (χ4n) is 3.00. The van der Waals surface area contributed by atoms with E-state index in [-0.39, 0.29) is 0 Å². The van der Waals surface area contributed by atoms with Crippen LogP contribution < -0.4 is 0 Å². The predicted octanol–water partition coefficient (Wildman–Crippen LogP) is 3.24. The monoisotopic (exact) mass is 150 g/mol. The molecule has 2 aliphatic rings. The second-order valence-electron chi connectivity index (χ2n) is 4.66. The van der Waals surface area contributed by atoms with Crippen LogP contribution in [0.15, 0.2) is 11.6 Å². The maximum Gasteiger partial charge on any atom is -0.0169 e. The Morgan fingerprint density at radius 3 is 2.45 bits per heavy atom. The van der Waals surface area contributed by atoms with Crippen LogP contribution in [0, 0.1) is 23.7 Å². The van der Waals surface area contributed by atoms with Crippen molar-refractivity contribution in [3.05, 3.63) is 11.6 Å². The maximum absolute atomic E-state index is 2.50. The Bertz CT molecular complexity index is 188. The molecule has 0 aliphatic heterocycles. The quantitative estimate of drug-likeness (QED) is 0.503. The Balaban J connectivity index is 2.15. The summed E-state index contributed by atoms with van der Waals surface area (Å²) in [4.78, 5) is 0. The summed E-state index contributed by atoms with van der Waals surface area (Å²) in [6.45, 7) is 7.07. The highest BCUT2D eigenvalue weighted by molar-refractivity contribution is 5.19. The van der Waals surface area contributed by atoms with Gasteiger partial charge < -0.3 is 0 Å². The minimum absolute atomic E-state index is 0.897. The number of fused-ring (bicyclic) bond motifs is 2. The molecule has 0 aromatic rings. The molecular weight excluding hydrogens is 132 g/mol. The van der Waals surface area contributed by atoms with E-state index in [4.69, 9.17) is 0 Å². The van der Waals surface area contributed by atoms with Gasteiger partial charge in [0.05, 0.1) is 0 Å². The van der Waals surface area contributed by atoms with E-state index in [1.807, 2.05) is 0 Å². The third-order valence-electron chi connectivity index (χ3n) is 3.59. The summed E-state index contributed by atoms with van der Waals surface area (Å²) in [5.74, 6) is 3.81. The number of allylic oxidation sites excluding steroid dienone is 2. The topological polar surface area (TPSA) is 0 Å². The summed E-state index contributed by atoms with van der Waals surface area (Å²) in [7, 11) is 0. The molecule has 62 valence electrons. The molecule has 3 atom stereocenters. The standard InChI is InChI=1S/C11H18/c1-7(2)10-5-9-4-8(3)11(10)6-9/h4,7,9-11H,5-6H2,1-3H3. The van der Waals surface area contributed by atoms with Crippen molar-refractivity contribution in [1.82, 2.24) is 0 Å². The summed E-state index contributed by atoms with van der Waals surface area (Å²) < 4.78 is 0. The largest absolute Gasteiger partial charge is 0.0822 e. The van der Waals surface area contributed by atoms with E-state index in [2.05, 4.69) is 26.8 Å². The van der Waals surface area contributed by atoms with Gasteiger partial charge in [-0.1, -0.05) is 25.5 Å².